The molecule has 24 heavy (non-hydrogen) atoms. The number of thiophene rings is 1. The van der Waals surface area contributed by atoms with Crippen molar-refractivity contribution in [3.05, 3.63) is 57.8 Å². The lowest BCUT2D eigenvalue weighted by atomic mass is 10.0. The largest absolute Gasteiger partial charge is 0.337 e. The lowest BCUT2D eigenvalue weighted by Gasteiger charge is -2.31. The molecule has 1 aromatic heterocycles. The highest BCUT2D eigenvalue weighted by molar-refractivity contribution is 7.10. The molecule has 2 aromatic rings. The molecule has 3 nitrogen and oxygen atoms in total. The fourth-order valence-corrected chi connectivity index (χ4v) is 4.85. The zero-order valence-corrected chi connectivity index (χ0v) is 14.8. The minimum atomic E-state index is 0.298. The molecule has 0 bridgehead atoms. The highest BCUT2D eigenvalue weighted by Gasteiger charge is 2.29. The Morgan fingerprint density at radius 1 is 1.17 bits per heavy atom. The van der Waals surface area contributed by atoms with Crippen LogP contribution in [0.4, 0.5) is 0 Å². The summed E-state index contributed by atoms with van der Waals surface area (Å²) in [5, 5.41) is 2.15. The maximum absolute atomic E-state index is 12.8. The van der Waals surface area contributed by atoms with Crippen LogP contribution in [0, 0.1) is 0 Å². The van der Waals surface area contributed by atoms with Crippen LogP contribution in [0.2, 0.25) is 0 Å². The molecule has 0 radical (unpaired) electrons. The number of nitrogens with zero attached hydrogens (tertiary/aromatic N) is 2. The molecular weight excluding hydrogens is 316 g/mol. The smallest absolute Gasteiger partial charge is 0.237 e. The van der Waals surface area contributed by atoms with Crippen LogP contribution < -0.4 is 0 Å². The summed E-state index contributed by atoms with van der Waals surface area (Å²) in [5.41, 5.74) is 2.73. The molecule has 4 heteroatoms. The van der Waals surface area contributed by atoms with Crippen molar-refractivity contribution in [3.8, 4) is 0 Å². The molecule has 0 saturated carbocycles. The number of benzene rings is 1. The summed E-state index contributed by atoms with van der Waals surface area (Å²) in [7, 11) is 0. The zero-order chi connectivity index (χ0) is 16.4. The molecular formula is C20H24N2OS. The van der Waals surface area contributed by atoms with Crippen molar-refractivity contribution in [2.45, 2.75) is 38.3 Å². The van der Waals surface area contributed by atoms with Gasteiger partial charge in [-0.1, -0.05) is 30.3 Å². The molecule has 126 valence electrons. The Kier molecular flexibility index (Phi) is 4.67. The normalized spacial score (nSPS) is 21.0. The molecule has 2 aliphatic rings. The van der Waals surface area contributed by atoms with Gasteiger partial charge in [0.15, 0.2) is 0 Å². The number of amides is 1. The number of hydrogen-bond acceptors (Lipinski definition) is 3. The zero-order valence-electron chi connectivity index (χ0n) is 14.0. The first-order chi connectivity index (χ1) is 11.8. The highest BCUT2D eigenvalue weighted by atomic mass is 32.1. The lowest BCUT2D eigenvalue weighted by Crippen LogP contribution is -2.44. The molecule has 3 heterocycles. The molecule has 1 saturated heterocycles. The summed E-state index contributed by atoms with van der Waals surface area (Å²) in [6.07, 6.45) is 4.49. The Hall–Kier alpha value is -1.65. The van der Waals surface area contributed by atoms with Gasteiger partial charge in [-0.2, -0.15) is 0 Å². The Morgan fingerprint density at radius 3 is 2.92 bits per heavy atom. The first-order valence-corrected chi connectivity index (χ1v) is 9.78. The number of hydrogen-bond donors (Lipinski definition) is 0. The third kappa shape index (κ3) is 3.40. The van der Waals surface area contributed by atoms with E-state index in [-0.39, 0.29) is 0 Å². The van der Waals surface area contributed by atoms with Gasteiger partial charge in [-0.15, -0.1) is 11.3 Å². The third-order valence-corrected chi connectivity index (χ3v) is 6.33. The molecule has 2 aliphatic heterocycles. The van der Waals surface area contributed by atoms with E-state index in [1.165, 1.54) is 28.8 Å². The Morgan fingerprint density at radius 2 is 2.04 bits per heavy atom. The SMILES string of the molecule is O=C(CN1CCC[C@H]1Cc1ccccc1)N1CCc2sccc2C1. The van der Waals surface area contributed by atoms with Gasteiger partial charge in [-0.25, -0.2) is 0 Å². The van der Waals surface area contributed by atoms with Crippen LogP contribution in [-0.4, -0.2) is 41.4 Å². The second-order valence-corrected chi connectivity index (χ2v) is 7.89. The molecule has 0 spiro atoms. The second kappa shape index (κ2) is 7.08. The van der Waals surface area contributed by atoms with Gasteiger partial charge >= 0.3 is 0 Å². The van der Waals surface area contributed by atoms with Gasteiger partial charge in [0.2, 0.25) is 5.91 Å². The number of fused-ring (bicyclic) bond motifs is 1. The van der Waals surface area contributed by atoms with E-state index in [0.717, 1.165) is 32.5 Å². The van der Waals surface area contributed by atoms with Crippen LogP contribution in [0.1, 0.15) is 28.8 Å². The summed E-state index contributed by atoms with van der Waals surface area (Å²) in [5.74, 6) is 0.298. The van der Waals surface area contributed by atoms with Gasteiger partial charge < -0.3 is 4.90 Å². The van der Waals surface area contributed by atoms with Crippen molar-refractivity contribution in [2.24, 2.45) is 0 Å². The van der Waals surface area contributed by atoms with E-state index in [2.05, 4.69) is 46.7 Å². The van der Waals surface area contributed by atoms with Gasteiger partial charge in [-0.05, 0) is 54.8 Å². The maximum Gasteiger partial charge on any atom is 0.237 e. The fourth-order valence-electron chi connectivity index (χ4n) is 3.96. The maximum atomic E-state index is 12.8. The minimum Gasteiger partial charge on any atom is -0.337 e. The molecule has 0 N–H and O–H groups in total. The molecule has 1 fully saturated rings. The van der Waals surface area contributed by atoms with Crippen molar-refractivity contribution < 1.29 is 4.79 Å². The van der Waals surface area contributed by atoms with Crippen molar-refractivity contribution in [1.29, 1.82) is 0 Å². The van der Waals surface area contributed by atoms with E-state index in [0.29, 0.717) is 18.5 Å². The highest BCUT2D eigenvalue weighted by Crippen LogP contribution is 2.25. The van der Waals surface area contributed by atoms with Gasteiger partial charge in [0.25, 0.3) is 0 Å². The van der Waals surface area contributed by atoms with Gasteiger partial charge in [0, 0.05) is 24.0 Å². The summed E-state index contributed by atoms with van der Waals surface area (Å²) in [4.78, 5) is 18.7. The van der Waals surface area contributed by atoms with E-state index in [1.807, 2.05) is 16.2 Å². The van der Waals surface area contributed by atoms with Crippen LogP contribution in [-0.2, 0) is 24.2 Å². The van der Waals surface area contributed by atoms with Crippen LogP contribution in [0.15, 0.2) is 41.8 Å². The van der Waals surface area contributed by atoms with Crippen LogP contribution in [0.5, 0.6) is 0 Å². The first kappa shape index (κ1) is 15.9. The number of rotatable bonds is 4. The minimum absolute atomic E-state index is 0.298. The fraction of sp³-hybridized carbons (Fsp3) is 0.450. The lowest BCUT2D eigenvalue weighted by molar-refractivity contribution is -0.133. The second-order valence-electron chi connectivity index (χ2n) is 6.89. The predicted octanol–water partition coefficient (Wildman–Crippen LogP) is 3.34. The van der Waals surface area contributed by atoms with E-state index in [9.17, 15) is 4.79 Å². The van der Waals surface area contributed by atoms with E-state index >= 15 is 0 Å². The molecule has 1 amide bonds. The van der Waals surface area contributed by atoms with Crippen LogP contribution in [0.25, 0.3) is 0 Å². The van der Waals surface area contributed by atoms with E-state index < -0.39 is 0 Å². The Bertz CT molecular complexity index is 697. The molecule has 0 aliphatic carbocycles. The van der Waals surface area contributed by atoms with Crippen molar-refractivity contribution >= 4 is 17.2 Å². The number of carbonyl (C=O) groups excluding carboxylic acids is 1. The average molecular weight is 340 g/mol. The Balaban J connectivity index is 1.36. The summed E-state index contributed by atoms with van der Waals surface area (Å²) >= 11 is 1.83. The number of carbonyl (C=O) groups is 1. The van der Waals surface area contributed by atoms with Crippen LogP contribution in [0.3, 0.4) is 0 Å². The summed E-state index contributed by atoms with van der Waals surface area (Å²) in [6.45, 7) is 3.32. The molecule has 1 aromatic carbocycles. The average Bonchev–Trinajstić information content (AvgIpc) is 3.24. The van der Waals surface area contributed by atoms with Gasteiger partial charge in [0.1, 0.15) is 0 Å². The molecule has 0 unspecified atom stereocenters. The Labute approximate surface area is 147 Å². The quantitative estimate of drug-likeness (QED) is 0.852. The third-order valence-electron chi connectivity index (χ3n) is 5.31. The van der Waals surface area contributed by atoms with Crippen molar-refractivity contribution in [2.75, 3.05) is 19.6 Å². The summed E-state index contributed by atoms with van der Waals surface area (Å²) < 4.78 is 0. The standard InChI is InChI=1S/C20H24N2OS/c23-20(22-11-8-19-17(14-22)9-12-24-19)15-21-10-4-7-18(21)13-16-5-2-1-3-6-16/h1-3,5-6,9,12,18H,4,7-8,10-11,13-15H2/t18-/m0/s1. The van der Waals surface area contributed by atoms with E-state index in [4.69, 9.17) is 0 Å². The predicted molar refractivity (Wildman–Crippen MR) is 98.2 cm³/mol. The molecule has 4 rings (SSSR count). The molecule has 1 atom stereocenters. The number of likely N-dealkylation sites (tertiary alicyclic amines) is 1. The van der Waals surface area contributed by atoms with Gasteiger partial charge in [-0.3, -0.25) is 9.69 Å². The van der Waals surface area contributed by atoms with Gasteiger partial charge in [0.05, 0.1) is 6.54 Å². The first-order valence-electron chi connectivity index (χ1n) is 8.90. The van der Waals surface area contributed by atoms with Crippen LogP contribution >= 0.6 is 11.3 Å². The summed E-state index contributed by atoms with van der Waals surface area (Å²) in [6, 6.07) is 13.3. The van der Waals surface area contributed by atoms with Crippen molar-refractivity contribution in [1.82, 2.24) is 9.80 Å². The van der Waals surface area contributed by atoms with Crippen molar-refractivity contribution in [3.63, 3.8) is 0 Å². The topological polar surface area (TPSA) is 23.6 Å². The van der Waals surface area contributed by atoms with E-state index in [1.54, 1.807) is 0 Å². The monoisotopic (exact) mass is 340 g/mol.